The van der Waals surface area contributed by atoms with Crippen LogP contribution in [0, 0.1) is 10.1 Å². The predicted molar refractivity (Wildman–Crippen MR) is 98.7 cm³/mol. The van der Waals surface area contributed by atoms with Gasteiger partial charge in [-0.15, -0.1) is 0 Å². The number of carbonyl (C=O) groups is 2. The van der Waals surface area contributed by atoms with E-state index >= 15 is 0 Å². The molecule has 140 valence electrons. The Bertz CT molecular complexity index is 854. The number of ether oxygens (including phenoxy) is 1. The van der Waals surface area contributed by atoms with Crippen LogP contribution in [0.3, 0.4) is 0 Å². The molecule has 1 N–H and O–H groups in total. The molecule has 1 aliphatic rings. The van der Waals surface area contributed by atoms with Gasteiger partial charge in [0, 0.05) is 18.7 Å². The highest BCUT2D eigenvalue weighted by atomic mass is 16.6. The molecule has 0 fully saturated rings. The molecule has 3 rings (SSSR count). The Morgan fingerprint density at radius 3 is 2.74 bits per heavy atom. The van der Waals surface area contributed by atoms with Crippen molar-refractivity contribution in [3.8, 4) is 5.75 Å². The molecular formula is C19H19N3O5. The van der Waals surface area contributed by atoms with E-state index < -0.39 is 10.8 Å². The van der Waals surface area contributed by atoms with E-state index in [0.717, 1.165) is 12.8 Å². The number of hydrogen-bond donors (Lipinski definition) is 1. The molecule has 0 atom stereocenters. The molecule has 1 aliphatic heterocycles. The number of fused-ring (bicyclic) bond motifs is 1. The van der Waals surface area contributed by atoms with Crippen molar-refractivity contribution in [3.63, 3.8) is 0 Å². The lowest BCUT2D eigenvalue weighted by atomic mass is 10.1. The van der Waals surface area contributed by atoms with Crippen LogP contribution in [-0.4, -0.2) is 36.4 Å². The summed E-state index contributed by atoms with van der Waals surface area (Å²) >= 11 is 0. The minimum Gasteiger partial charge on any atom is -0.482 e. The maximum absolute atomic E-state index is 12.2. The van der Waals surface area contributed by atoms with E-state index in [1.165, 1.54) is 28.7 Å². The van der Waals surface area contributed by atoms with Crippen LogP contribution in [0.25, 0.3) is 0 Å². The van der Waals surface area contributed by atoms with Crippen molar-refractivity contribution in [2.24, 2.45) is 0 Å². The molecule has 0 bridgehead atoms. The molecule has 1 heterocycles. The summed E-state index contributed by atoms with van der Waals surface area (Å²) in [5.41, 5.74) is 1.26. The highest BCUT2D eigenvalue weighted by molar-refractivity contribution is 6.02. The van der Waals surface area contributed by atoms with Crippen LogP contribution >= 0.6 is 0 Å². The topological polar surface area (TPSA) is 102 Å². The van der Waals surface area contributed by atoms with Crippen LogP contribution in [0.1, 0.15) is 12.0 Å². The molecule has 0 radical (unpaired) electrons. The van der Waals surface area contributed by atoms with E-state index in [2.05, 4.69) is 5.32 Å². The van der Waals surface area contributed by atoms with Crippen LogP contribution in [0.2, 0.25) is 0 Å². The van der Waals surface area contributed by atoms with E-state index in [9.17, 15) is 19.7 Å². The Labute approximate surface area is 155 Å². The number of amides is 2. The summed E-state index contributed by atoms with van der Waals surface area (Å²) in [6.07, 6.45) is 1.61. The molecule has 0 unspecified atom stereocenters. The lowest BCUT2D eigenvalue weighted by Crippen LogP contribution is -2.45. The number of aryl methyl sites for hydroxylation is 1. The summed E-state index contributed by atoms with van der Waals surface area (Å²) in [7, 11) is 0. The summed E-state index contributed by atoms with van der Waals surface area (Å²) in [4.78, 5) is 36.0. The molecule has 0 aliphatic carbocycles. The first-order valence-corrected chi connectivity index (χ1v) is 8.57. The number of nitrogens with one attached hydrogen (secondary N) is 1. The summed E-state index contributed by atoms with van der Waals surface area (Å²) in [5, 5.41) is 13.8. The number of rotatable bonds is 7. The standard InChI is InChI=1S/C19H19N3O5/c23-18(20-10-4-7-14-5-2-1-3-6-14)12-21-16-11-15(22(25)26)8-9-17(16)27-13-19(21)24/h1-3,5-6,8-9,11H,4,7,10,12-13H2,(H,20,23). The van der Waals surface area contributed by atoms with Gasteiger partial charge in [0.15, 0.2) is 6.61 Å². The number of hydrogen-bond acceptors (Lipinski definition) is 5. The average molecular weight is 369 g/mol. The number of nitrogens with zero attached hydrogens (tertiary/aromatic N) is 2. The van der Waals surface area contributed by atoms with Crippen LogP contribution < -0.4 is 15.0 Å². The zero-order valence-electron chi connectivity index (χ0n) is 14.6. The average Bonchev–Trinajstić information content (AvgIpc) is 2.68. The molecule has 0 saturated carbocycles. The fourth-order valence-corrected chi connectivity index (χ4v) is 2.84. The van der Waals surface area contributed by atoms with Gasteiger partial charge in [0.2, 0.25) is 5.91 Å². The van der Waals surface area contributed by atoms with Gasteiger partial charge in [0.25, 0.3) is 11.6 Å². The molecule has 0 saturated heterocycles. The number of nitro benzene ring substituents is 1. The SMILES string of the molecule is O=C(CN1C(=O)COc2ccc([N+](=O)[O-])cc21)NCCCc1ccccc1. The number of nitro groups is 1. The van der Waals surface area contributed by atoms with E-state index in [-0.39, 0.29) is 30.4 Å². The molecule has 8 heteroatoms. The second-order valence-electron chi connectivity index (χ2n) is 6.12. The highest BCUT2D eigenvalue weighted by Gasteiger charge is 2.29. The quantitative estimate of drug-likeness (QED) is 0.457. The molecule has 27 heavy (non-hydrogen) atoms. The fourth-order valence-electron chi connectivity index (χ4n) is 2.84. The lowest BCUT2D eigenvalue weighted by Gasteiger charge is -2.28. The molecular weight excluding hydrogens is 350 g/mol. The third-order valence-corrected chi connectivity index (χ3v) is 4.21. The van der Waals surface area contributed by atoms with Gasteiger partial charge < -0.3 is 10.1 Å². The first-order valence-electron chi connectivity index (χ1n) is 8.57. The number of carbonyl (C=O) groups excluding carboxylic acids is 2. The Kier molecular flexibility index (Phi) is 5.65. The Hall–Kier alpha value is -3.42. The van der Waals surface area contributed by atoms with Gasteiger partial charge in [0.05, 0.1) is 10.6 Å². The zero-order chi connectivity index (χ0) is 19.2. The van der Waals surface area contributed by atoms with Gasteiger partial charge in [-0.2, -0.15) is 0 Å². The summed E-state index contributed by atoms with van der Waals surface area (Å²) in [5.74, 6) is -0.393. The highest BCUT2D eigenvalue weighted by Crippen LogP contribution is 2.35. The van der Waals surface area contributed by atoms with Gasteiger partial charge in [-0.25, -0.2) is 0 Å². The largest absolute Gasteiger partial charge is 0.482 e. The van der Waals surface area contributed by atoms with Crippen molar-refractivity contribution in [3.05, 3.63) is 64.2 Å². The van der Waals surface area contributed by atoms with Crippen molar-refractivity contribution in [1.82, 2.24) is 5.32 Å². The smallest absolute Gasteiger partial charge is 0.271 e. The molecule has 2 amide bonds. The van der Waals surface area contributed by atoms with Crippen molar-refractivity contribution in [2.45, 2.75) is 12.8 Å². The second-order valence-corrected chi connectivity index (χ2v) is 6.12. The minimum absolute atomic E-state index is 0.166. The van der Waals surface area contributed by atoms with Crippen molar-refractivity contribution in [1.29, 1.82) is 0 Å². The summed E-state index contributed by atoms with van der Waals surface area (Å²) in [6.45, 7) is 0.0713. The van der Waals surface area contributed by atoms with E-state index in [0.29, 0.717) is 12.3 Å². The predicted octanol–water partition coefficient (Wildman–Crippen LogP) is 2.07. The van der Waals surface area contributed by atoms with Crippen molar-refractivity contribution in [2.75, 3.05) is 24.6 Å². The van der Waals surface area contributed by atoms with Gasteiger partial charge in [-0.3, -0.25) is 24.6 Å². The second kappa shape index (κ2) is 8.31. The first-order chi connectivity index (χ1) is 13.0. The third kappa shape index (κ3) is 4.60. The monoisotopic (exact) mass is 369 g/mol. The number of benzene rings is 2. The normalized spacial score (nSPS) is 12.9. The molecule has 2 aromatic rings. The molecule has 0 spiro atoms. The zero-order valence-corrected chi connectivity index (χ0v) is 14.6. The molecule has 8 nitrogen and oxygen atoms in total. The maximum atomic E-state index is 12.2. The lowest BCUT2D eigenvalue weighted by molar-refractivity contribution is -0.384. The van der Waals surface area contributed by atoms with Crippen LogP contribution in [-0.2, 0) is 16.0 Å². The van der Waals surface area contributed by atoms with Crippen LogP contribution in [0.4, 0.5) is 11.4 Å². The van der Waals surface area contributed by atoms with Gasteiger partial charge >= 0.3 is 0 Å². The van der Waals surface area contributed by atoms with Gasteiger partial charge in [0.1, 0.15) is 12.3 Å². The van der Waals surface area contributed by atoms with Crippen LogP contribution in [0.5, 0.6) is 5.75 Å². The minimum atomic E-state index is -0.554. The van der Waals surface area contributed by atoms with E-state index in [1.807, 2.05) is 30.3 Å². The van der Waals surface area contributed by atoms with E-state index in [1.54, 1.807) is 0 Å². The fraction of sp³-hybridized carbons (Fsp3) is 0.263. The molecule has 2 aromatic carbocycles. The Morgan fingerprint density at radius 1 is 1.22 bits per heavy atom. The number of anilines is 1. The maximum Gasteiger partial charge on any atom is 0.271 e. The summed E-state index contributed by atoms with van der Waals surface area (Å²) in [6, 6.07) is 13.9. The van der Waals surface area contributed by atoms with Gasteiger partial charge in [-0.1, -0.05) is 30.3 Å². The van der Waals surface area contributed by atoms with Gasteiger partial charge in [-0.05, 0) is 24.5 Å². The molecule has 0 aromatic heterocycles. The van der Waals surface area contributed by atoms with E-state index in [4.69, 9.17) is 4.74 Å². The third-order valence-electron chi connectivity index (χ3n) is 4.21. The summed E-state index contributed by atoms with van der Waals surface area (Å²) < 4.78 is 5.28. The Morgan fingerprint density at radius 2 is 2.00 bits per heavy atom. The number of non-ortho nitro benzene ring substituents is 1. The van der Waals surface area contributed by atoms with Crippen molar-refractivity contribution < 1.29 is 19.2 Å². The Balaban J connectivity index is 1.58. The van der Waals surface area contributed by atoms with Crippen LogP contribution in [0.15, 0.2) is 48.5 Å². The van der Waals surface area contributed by atoms with Crippen molar-refractivity contribution >= 4 is 23.2 Å². The first kappa shape index (κ1) is 18.4.